The van der Waals surface area contributed by atoms with Crippen LogP contribution < -0.4 is 0 Å². The van der Waals surface area contributed by atoms with Gasteiger partial charge in [-0.15, -0.1) is 0 Å². The Balaban J connectivity index is 1.93. The summed E-state index contributed by atoms with van der Waals surface area (Å²) in [4.78, 5) is 13.8. The second-order valence-electron chi connectivity index (χ2n) is 5.37. The highest BCUT2D eigenvalue weighted by Crippen LogP contribution is 2.36. The van der Waals surface area contributed by atoms with Crippen molar-refractivity contribution in [3.8, 4) is 0 Å². The standard InChI is InChI=1S/C13H23NO/c1-10(11(2)15)14-8-7-12-5-3-4-6-13(12)9-14/h10,12-13H,3-9H2,1-2H3. The van der Waals surface area contributed by atoms with Crippen LogP contribution in [-0.4, -0.2) is 29.8 Å². The van der Waals surface area contributed by atoms with E-state index in [0.717, 1.165) is 18.4 Å². The van der Waals surface area contributed by atoms with E-state index in [1.54, 1.807) is 6.92 Å². The lowest BCUT2D eigenvalue weighted by atomic mass is 9.75. The van der Waals surface area contributed by atoms with E-state index in [-0.39, 0.29) is 6.04 Å². The van der Waals surface area contributed by atoms with Crippen LogP contribution in [0.1, 0.15) is 46.0 Å². The van der Waals surface area contributed by atoms with E-state index in [2.05, 4.69) is 11.8 Å². The van der Waals surface area contributed by atoms with Gasteiger partial charge < -0.3 is 0 Å². The largest absolute Gasteiger partial charge is 0.298 e. The lowest BCUT2D eigenvalue weighted by Gasteiger charge is -2.43. The lowest BCUT2D eigenvalue weighted by Crippen LogP contribution is -2.48. The van der Waals surface area contributed by atoms with E-state index in [4.69, 9.17) is 0 Å². The molecular formula is C13H23NO. The van der Waals surface area contributed by atoms with E-state index < -0.39 is 0 Å². The van der Waals surface area contributed by atoms with E-state index in [1.807, 2.05) is 0 Å². The first-order valence-electron chi connectivity index (χ1n) is 6.43. The number of Topliss-reactive ketones (excluding diaryl/α,β-unsaturated/α-hetero) is 1. The zero-order valence-corrected chi connectivity index (χ0v) is 10.0. The number of carbonyl (C=O) groups is 1. The Morgan fingerprint density at radius 1 is 1.20 bits per heavy atom. The molecule has 0 aromatic heterocycles. The molecule has 3 atom stereocenters. The van der Waals surface area contributed by atoms with Crippen LogP contribution in [0.15, 0.2) is 0 Å². The molecule has 0 aromatic carbocycles. The van der Waals surface area contributed by atoms with Crippen LogP contribution in [0.25, 0.3) is 0 Å². The summed E-state index contributed by atoms with van der Waals surface area (Å²) in [6, 6.07) is 0.146. The van der Waals surface area contributed by atoms with Gasteiger partial charge in [-0.3, -0.25) is 9.69 Å². The minimum atomic E-state index is 0.146. The predicted octanol–water partition coefficient (Wildman–Crippen LogP) is 2.48. The molecule has 2 rings (SSSR count). The van der Waals surface area contributed by atoms with E-state index in [1.165, 1.54) is 38.6 Å². The molecule has 2 fully saturated rings. The summed E-state index contributed by atoms with van der Waals surface area (Å²) in [7, 11) is 0. The number of piperidine rings is 1. The van der Waals surface area contributed by atoms with Crippen LogP contribution in [0.4, 0.5) is 0 Å². The molecule has 2 heteroatoms. The van der Waals surface area contributed by atoms with Crippen LogP contribution in [0.2, 0.25) is 0 Å². The van der Waals surface area contributed by atoms with E-state index >= 15 is 0 Å². The molecule has 1 heterocycles. The molecule has 0 aromatic rings. The van der Waals surface area contributed by atoms with Crippen molar-refractivity contribution in [1.29, 1.82) is 0 Å². The van der Waals surface area contributed by atoms with Crippen LogP contribution in [0.3, 0.4) is 0 Å². The van der Waals surface area contributed by atoms with Gasteiger partial charge in [-0.1, -0.05) is 19.3 Å². The Morgan fingerprint density at radius 2 is 1.87 bits per heavy atom. The summed E-state index contributed by atoms with van der Waals surface area (Å²) in [5, 5.41) is 0. The number of nitrogens with zero attached hydrogens (tertiary/aromatic N) is 1. The van der Waals surface area contributed by atoms with Gasteiger partial charge in [0.2, 0.25) is 0 Å². The molecule has 0 radical (unpaired) electrons. The van der Waals surface area contributed by atoms with Crippen molar-refractivity contribution in [3.05, 3.63) is 0 Å². The molecule has 0 spiro atoms. The molecule has 0 amide bonds. The van der Waals surface area contributed by atoms with Crippen molar-refractivity contribution in [2.75, 3.05) is 13.1 Å². The number of rotatable bonds is 2. The van der Waals surface area contributed by atoms with Crippen LogP contribution >= 0.6 is 0 Å². The van der Waals surface area contributed by atoms with Crippen molar-refractivity contribution < 1.29 is 4.79 Å². The van der Waals surface area contributed by atoms with Gasteiger partial charge in [-0.05, 0) is 45.1 Å². The SMILES string of the molecule is CC(=O)C(C)N1CCC2CCCCC2C1. The van der Waals surface area contributed by atoms with Gasteiger partial charge in [0.1, 0.15) is 5.78 Å². The van der Waals surface area contributed by atoms with Gasteiger partial charge >= 0.3 is 0 Å². The van der Waals surface area contributed by atoms with Gasteiger partial charge in [0.25, 0.3) is 0 Å². The molecule has 0 bridgehead atoms. The van der Waals surface area contributed by atoms with Crippen LogP contribution in [0.5, 0.6) is 0 Å². The Morgan fingerprint density at radius 3 is 2.53 bits per heavy atom. The third kappa shape index (κ3) is 2.41. The van der Waals surface area contributed by atoms with Gasteiger partial charge in [0.05, 0.1) is 6.04 Å². The van der Waals surface area contributed by atoms with Crippen LogP contribution in [-0.2, 0) is 4.79 Å². The molecule has 2 aliphatic rings. The van der Waals surface area contributed by atoms with Crippen molar-refractivity contribution in [3.63, 3.8) is 0 Å². The highest BCUT2D eigenvalue weighted by molar-refractivity contribution is 5.80. The fourth-order valence-electron chi connectivity index (χ4n) is 3.24. The average Bonchev–Trinajstić information content (AvgIpc) is 2.27. The third-order valence-electron chi connectivity index (χ3n) is 4.46. The molecule has 1 aliphatic heterocycles. The number of likely N-dealkylation sites (tertiary alicyclic amines) is 1. The first-order chi connectivity index (χ1) is 7.18. The van der Waals surface area contributed by atoms with Gasteiger partial charge in [-0.2, -0.15) is 0 Å². The maximum atomic E-state index is 11.4. The highest BCUT2D eigenvalue weighted by Gasteiger charge is 2.33. The second kappa shape index (κ2) is 4.65. The lowest BCUT2D eigenvalue weighted by molar-refractivity contribution is -0.122. The first-order valence-corrected chi connectivity index (χ1v) is 6.43. The quantitative estimate of drug-likeness (QED) is 0.696. The fraction of sp³-hybridized carbons (Fsp3) is 0.923. The Kier molecular flexibility index (Phi) is 3.45. The minimum Gasteiger partial charge on any atom is -0.298 e. The molecule has 1 saturated carbocycles. The summed E-state index contributed by atoms with van der Waals surface area (Å²) in [6.07, 6.45) is 6.99. The molecule has 1 saturated heterocycles. The summed E-state index contributed by atoms with van der Waals surface area (Å²) < 4.78 is 0. The van der Waals surface area contributed by atoms with Crippen molar-refractivity contribution in [2.24, 2.45) is 11.8 Å². The number of ketones is 1. The highest BCUT2D eigenvalue weighted by atomic mass is 16.1. The maximum Gasteiger partial charge on any atom is 0.146 e. The minimum absolute atomic E-state index is 0.146. The first kappa shape index (κ1) is 11.1. The van der Waals surface area contributed by atoms with E-state index in [0.29, 0.717) is 5.78 Å². The molecule has 15 heavy (non-hydrogen) atoms. The van der Waals surface area contributed by atoms with Gasteiger partial charge in [0, 0.05) is 6.54 Å². The Bertz CT molecular complexity index is 239. The molecular weight excluding hydrogens is 186 g/mol. The molecule has 86 valence electrons. The molecule has 0 N–H and O–H groups in total. The van der Waals surface area contributed by atoms with Gasteiger partial charge in [-0.25, -0.2) is 0 Å². The number of hydrogen-bond donors (Lipinski definition) is 0. The van der Waals surface area contributed by atoms with Crippen molar-refractivity contribution in [1.82, 2.24) is 4.90 Å². The third-order valence-corrected chi connectivity index (χ3v) is 4.46. The normalized spacial score (nSPS) is 34.5. The fourth-order valence-corrected chi connectivity index (χ4v) is 3.24. The van der Waals surface area contributed by atoms with Crippen molar-refractivity contribution >= 4 is 5.78 Å². The summed E-state index contributed by atoms with van der Waals surface area (Å²) in [5.74, 6) is 2.17. The summed E-state index contributed by atoms with van der Waals surface area (Å²) >= 11 is 0. The Hall–Kier alpha value is -0.370. The summed E-state index contributed by atoms with van der Waals surface area (Å²) in [6.45, 7) is 6.09. The van der Waals surface area contributed by atoms with Crippen molar-refractivity contribution in [2.45, 2.75) is 52.0 Å². The maximum absolute atomic E-state index is 11.4. The monoisotopic (exact) mass is 209 g/mol. The van der Waals surface area contributed by atoms with E-state index in [9.17, 15) is 4.79 Å². The molecule has 1 aliphatic carbocycles. The predicted molar refractivity (Wildman–Crippen MR) is 61.8 cm³/mol. The number of carbonyl (C=O) groups excluding carboxylic acids is 1. The summed E-state index contributed by atoms with van der Waals surface area (Å²) in [5.41, 5.74) is 0. The number of hydrogen-bond acceptors (Lipinski definition) is 2. The average molecular weight is 209 g/mol. The van der Waals surface area contributed by atoms with Crippen LogP contribution in [0, 0.1) is 11.8 Å². The van der Waals surface area contributed by atoms with Gasteiger partial charge in [0.15, 0.2) is 0 Å². The second-order valence-corrected chi connectivity index (χ2v) is 5.37. The Labute approximate surface area is 93.0 Å². The zero-order chi connectivity index (χ0) is 10.8. The number of fused-ring (bicyclic) bond motifs is 1. The smallest absolute Gasteiger partial charge is 0.146 e. The topological polar surface area (TPSA) is 20.3 Å². The zero-order valence-electron chi connectivity index (χ0n) is 10.0. The molecule has 3 unspecified atom stereocenters. The molecule has 2 nitrogen and oxygen atoms in total.